The Hall–Kier alpha value is -0.900. The van der Waals surface area contributed by atoms with Gasteiger partial charge in [-0.25, -0.2) is 0 Å². The zero-order chi connectivity index (χ0) is 15.1. The molecule has 1 aromatic heterocycles. The van der Waals surface area contributed by atoms with Crippen LogP contribution < -0.4 is 0 Å². The first-order chi connectivity index (χ1) is 8.39. The Labute approximate surface area is 130 Å². The van der Waals surface area contributed by atoms with Gasteiger partial charge in [0, 0.05) is 12.4 Å². The standard InChI is InChI=1S/C6H7N.C2H6.3C2H4.CH3I.CH4/c1-6-2-4-7-5-3-6;5*1-2;/h2-5H,1H3;1-2H3;3*1-2H2;1H3;1H4. The second-order valence-corrected chi connectivity index (χ2v) is 1.52. The Balaban J connectivity index is -0.0000000285. The molecule has 0 fully saturated rings. The normalized spacial score (nSPS) is 4.72. The molecule has 0 spiro atoms. The Kier molecular flexibility index (Phi) is 146. The van der Waals surface area contributed by atoms with Crippen LogP contribution in [0.2, 0.25) is 0 Å². The van der Waals surface area contributed by atoms with E-state index in [9.17, 15) is 0 Å². The first-order valence-electron chi connectivity index (χ1n) is 5.14. The maximum atomic E-state index is 3.85. The van der Waals surface area contributed by atoms with Gasteiger partial charge in [-0.3, -0.25) is 4.98 Å². The van der Waals surface area contributed by atoms with Crippen LogP contribution in [0.4, 0.5) is 0 Å². The number of nitrogens with zero attached hydrogens (tertiary/aromatic N) is 1. The summed E-state index contributed by atoms with van der Waals surface area (Å²) in [5.74, 6) is 0. The molecular formula is C16H32IN. The Morgan fingerprint density at radius 2 is 1.06 bits per heavy atom. The Bertz CT molecular complexity index is 171. The van der Waals surface area contributed by atoms with Crippen LogP contribution in [0.25, 0.3) is 0 Å². The summed E-state index contributed by atoms with van der Waals surface area (Å²) in [4.78, 5) is 5.82. The third-order valence-corrected chi connectivity index (χ3v) is 0.847. The van der Waals surface area contributed by atoms with E-state index in [-0.39, 0.29) is 7.43 Å². The molecule has 1 aromatic rings. The molecule has 2 heteroatoms. The summed E-state index contributed by atoms with van der Waals surface area (Å²) in [5, 5.41) is 0. The van der Waals surface area contributed by atoms with E-state index in [2.05, 4.69) is 67.0 Å². The molecule has 0 aliphatic carbocycles. The number of hydrogen-bond acceptors (Lipinski definition) is 1. The summed E-state index contributed by atoms with van der Waals surface area (Å²) in [6.07, 6.45) is 3.57. The van der Waals surface area contributed by atoms with E-state index in [1.807, 2.05) is 37.8 Å². The molecule has 0 saturated heterocycles. The highest BCUT2D eigenvalue weighted by atomic mass is 127. The average Bonchev–Trinajstić information content (AvgIpc) is 2.50. The van der Waals surface area contributed by atoms with Crippen molar-refractivity contribution in [1.29, 1.82) is 0 Å². The van der Waals surface area contributed by atoms with Gasteiger partial charge in [-0.15, -0.1) is 39.5 Å². The number of aryl methyl sites for hydroxylation is 1. The molecule has 1 nitrogen and oxygen atoms in total. The maximum absolute atomic E-state index is 3.85. The molecule has 108 valence electrons. The highest BCUT2D eigenvalue weighted by Crippen LogP contribution is 1.88. The second-order valence-electron chi connectivity index (χ2n) is 1.52. The summed E-state index contributed by atoms with van der Waals surface area (Å²) in [5.41, 5.74) is 1.26. The summed E-state index contributed by atoms with van der Waals surface area (Å²) < 4.78 is 0. The lowest BCUT2D eigenvalue weighted by Gasteiger charge is -1.82. The van der Waals surface area contributed by atoms with Gasteiger partial charge in [-0.05, 0) is 29.6 Å². The number of aromatic nitrogens is 1. The minimum Gasteiger partial charge on any atom is -0.265 e. The molecule has 1 rings (SSSR count). The number of pyridine rings is 1. The summed E-state index contributed by atoms with van der Waals surface area (Å²) >= 11 is 2.15. The molecule has 0 aliphatic heterocycles. The van der Waals surface area contributed by atoms with E-state index >= 15 is 0 Å². The Morgan fingerprint density at radius 1 is 0.833 bits per heavy atom. The van der Waals surface area contributed by atoms with Gasteiger partial charge >= 0.3 is 0 Å². The van der Waals surface area contributed by atoms with E-state index in [1.165, 1.54) is 5.56 Å². The fraction of sp³-hybridized carbons (Fsp3) is 0.312. The van der Waals surface area contributed by atoms with Crippen molar-refractivity contribution in [3.05, 3.63) is 69.6 Å². The van der Waals surface area contributed by atoms with Crippen molar-refractivity contribution in [2.24, 2.45) is 0 Å². The van der Waals surface area contributed by atoms with Crippen molar-refractivity contribution >= 4 is 22.6 Å². The van der Waals surface area contributed by atoms with Crippen molar-refractivity contribution in [3.8, 4) is 0 Å². The average molecular weight is 365 g/mol. The quantitative estimate of drug-likeness (QED) is 0.290. The minimum atomic E-state index is 0. The lowest BCUT2D eigenvalue weighted by atomic mass is 10.3. The second kappa shape index (κ2) is 72.8. The number of alkyl halides is 1. The fourth-order valence-corrected chi connectivity index (χ4v) is 0.426. The highest BCUT2D eigenvalue weighted by Gasteiger charge is 1.72. The monoisotopic (exact) mass is 365 g/mol. The van der Waals surface area contributed by atoms with Crippen molar-refractivity contribution in [1.82, 2.24) is 4.98 Å². The van der Waals surface area contributed by atoms with E-state index in [0.29, 0.717) is 0 Å². The van der Waals surface area contributed by atoms with E-state index < -0.39 is 0 Å². The lowest BCUT2D eigenvalue weighted by Crippen LogP contribution is -1.68. The first-order valence-corrected chi connectivity index (χ1v) is 7.30. The third-order valence-electron chi connectivity index (χ3n) is 0.847. The van der Waals surface area contributed by atoms with Gasteiger partial charge in [-0.2, -0.15) is 0 Å². The zero-order valence-corrected chi connectivity index (χ0v) is 14.0. The molecule has 0 unspecified atom stereocenters. The highest BCUT2D eigenvalue weighted by molar-refractivity contribution is 14.1. The third kappa shape index (κ3) is 59.6. The van der Waals surface area contributed by atoms with Gasteiger partial charge in [0.05, 0.1) is 0 Å². The molecule has 0 aromatic carbocycles. The molecule has 0 N–H and O–H groups in total. The molecule has 0 bridgehead atoms. The molecule has 0 aliphatic rings. The summed E-state index contributed by atoms with van der Waals surface area (Å²) in [6, 6.07) is 3.94. The molecular weight excluding hydrogens is 333 g/mol. The largest absolute Gasteiger partial charge is 0.265 e. The van der Waals surface area contributed by atoms with E-state index in [1.54, 1.807) is 12.4 Å². The van der Waals surface area contributed by atoms with Gasteiger partial charge in [0.2, 0.25) is 0 Å². The smallest absolute Gasteiger partial charge is 0.0270 e. The Morgan fingerprint density at radius 3 is 1.17 bits per heavy atom. The van der Waals surface area contributed by atoms with Crippen molar-refractivity contribution in [2.45, 2.75) is 28.2 Å². The van der Waals surface area contributed by atoms with Crippen LogP contribution in [0.5, 0.6) is 0 Å². The van der Waals surface area contributed by atoms with Gasteiger partial charge in [0.1, 0.15) is 0 Å². The van der Waals surface area contributed by atoms with Crippen molar-refractivity contribution < 1.29 is 0 Å². The van der Waals surface area contributed by atoms with E-state index in [0.717, 1.165) is 0 Å². The van der Waals surface area contributed by atoms with Crippen molar-refractivity contribution in [2.75, 3.05) is 4.93 Å². The molecule has 18 heavy (non-hydrogen) atoms. The predicted molar refractivity (Wildman–Crippen MR) is 101 cm³/mol. The van der Waals surface area contributed by atoms with Crippen LogP contribution in [0.15, 0.2) is 64.0 Å². The van der Waals surface area contributed by atoms with Crippen molar-refractivity contribution in [3.63, 3.8) is 0 Å². The maximum Gasteiger partial charge on any atom is 0.0270 e. The van der Waals surface area contributed by atoms with Gasteiger partial charge in [0.25, 0.3) is 0 Å². The molecule has 1 heterocycles. The lowest BCUT2D eigenvalue weighted by molar-refractivity contribution is 1.29. The van der Waals surface area contributed by atoms with Crippen LogP contribution in [0.1, 0.15) is 26.8 Å². The molecule has 0 saturated carbocycles. The summed E-state index contributed by atoms with van der Waals surface area (Å²) in [6.45, 7) is 24.0. The van der Waals surface area contributed by atoms with Crippen LogP contribution >= 0.6 is 22.6 Å². The van der Waals surface area contributed by atoms with Gasteiger partial charge < -0.3 is 0 Å². The van der Waals surface area contributed by atoms with Crippen LogP contribution in [-0.2, 0) is 0 Å². The topological polar surface area (TPSA) is 12.9 Å². The molecule has 0 radical (unpaired) electrons. The molecule has 0 atom stereocenters. The van der Waals surface area contributed by atoms with Crippen LogP contribution in [0, 0.1) is 6.92 Å². The van der Waals surface area contributed by atoms with Crippen LogP contribution in [-0.4, -0.2) is 9.91 Å². The SMILES string of the molecule is C.C=C.C=C.C=C.CC.CI.Cc1ccncc1. The predicted octanol–water partition coefficient (Wildman–Crippen LogP) is 6.51. The van der Waals surface area contributed by atoms with Crippen LogP contribution in [0.3, 0.4) is 0 Å². The molecule has 0 amide bonds. The minimum absolute atomic E-state index is 0. The van der Waals surface area contributed by atoms with Gasteiger partial charge in [-0.1, -0.05) is 43.9 Å². The number of hydrogen-bond donors (Lipinski definition) is 0. The fourth-order valence-electron chi connectivity index (χ4n) is 0.426. The zero-order valence-electron chi connectivity index (χ0n) is 11.9. The number of halogens is 1. The summed E-state index contributed by atoms with van der Waals surface area (Å²) in [7, 11) is 0. The van der Waals surface area contributed by atoms with E-state index in [4.69, 9.17) is 0 Å². The number of rotatable bonds is 0. The van der Waals surface area contributed by atoms with Gasteiger partial charge in [0.15, 0.2) is 0 Å². The first kappa shape index (κ1) is 36.0.